The summed E-state index contributed by atoms with van der Waals surface area (Å²) in [5.74, 6) is 0. The van der Waals surface area contributed by atoms with Crippen LogP contribution >= 0.6 is 0 Å². The topological polar surface area (TPSA) is 89.3 Å². The van der Waals surface area contributed by atoms with Crippen LogP contribution in [0, 0.1) is 17.0 Å². The van der Waals surface area contributed by atoms with Gasteiger partial charge in [0.2, 0.25) is 0 Å². The maximum Gasteiger partial charge on any atom is 0.274 e. The van der Waals surface area contributed by atoms with E-state index in [1.807, 2.05) is 30.3 Å². The highest BCUT2D eigenvalue weighted by atomic mass is 32.2. The Balaban J connectivity index is 2.06. The van der Waals surface area contributed by atoms with E-state index >= 15 is 0 Å². The Morgan fingerprint density at radius 3 is 2.23 bits per heavy atom. The van der Waals surface area contributed by atoms with Crippen LogP contribution in [0.25, 0.3) is 11.1 Å². The number of sulfonamides is 1. The smallest absolute Gasteiger partial charge is 0.274 e. The summed E-state index contributed by atoms with van der Waals surface area (Å²) < 4.78 is 28.4. The van der Waals surface area contributed by atoms with Crippen molar-refractivity contribution >= 4 is 21.4 Å². The van der Waals surface area contributed by atoms with Gasteiger partial charge in [0.05, 0.1) is 21.1 Å². The number of benzene rings is 3. The second kappa shape index (κ2) is 6.97. The zero-order valence-electron chi connectivity index (χ0n) is 13.9. The lowest BCUT2D eigenvalue weighted by Gasteiger charge is -2.14. The average Bonchev–Trinajstić information content (AvgIpc) is 2.64. The summed E-state index contributed by atoms with van der Waals surface area (Å²) in [5, 5.41) is 11.1. The highest BCUT2D eigenvalue weighted by molar-refractivity contribution is 7.92. The van der Waals surface area contributed by atoms with Crippen LogP contribution in [-0.2, 0) is 10.0 Å². The Bertz CT molecular complexity index is 1060. The second-order valence-electron chi connectivity index (χ2n) is 5.67. The molecule has 0 aliphatic heterocycles. The molecule has 1 N–H and O–H groups in total. The molecule has 0 aliphatic rings. The van der Waals surface area contributed by atoms with Gasteiger partial charge in [-0.1, -0.05) is 54.6 Å². The van der Waals surface area contributed by atoms with Crippen LogP contribution in [-0.4, -0.2) is 13.3 Å². The number of nitrogens with one attached hydrogen (secondary N) is 1. The minimum atomic E-state index is -3.93. The summed E-state index contributed by atoms with van der Waals surface area (Å²) >= 11 is 0. The van der Waals surface area contributed by atoms with Crippen LogP contribution in [0.5, 0.6) is 0 Å². The molecule has 0 bridgehead atoms. The summed E-state index contributed by atoms with van der Waals surface area (Å²) in [6.07, 6.45) is 0. The number of rotatable bonds is 5. The first-order chi connectivity index (χ1) is 12.4. The molecule has 0 spiro atoms. The number of hydrogen-bond acceptors (Lipinski definition) is 4. The maximum absolute atomic E-state index is 12.9. The molecule has 3 aromatic carbocycles. The van der Waals surface area contributed by atoms with Crippen molar-refractivity contribution < 1.29 is 13.3 Å². The summed E-state index contributed by atoms with van der Waals surface area (Å²) in [6.45, 7) is 1.51. The number of anilines is 1. The molecule has 0 radical (unpaired) electrons. The monoisotopic (exact) mass is 368 g/mol. The van der Waals surface area contributed by atoms with Gasteiger partial charge in [-0.2, -0.15) is 0 Å². The van der Waals surface area contributed by atoms with E-state index in [4.69, 9.17) is 0 Å². The first-order valence-corrected chi connectivity index (χ1v) is 9.30. The van der Waals surface area contributed by atoms with Gasteiger partial charge in [0.15, 0.2) is 0 Å². The SMILES string of the molecule is Cc1c(NS(=O)(=O)c2ccccc2-c2ccccc2)cccc1[N+](=O)[O-]. The van der Waals surface area contributed by atoms with Crippen LogP contribution in [0.4, 0.5) is 11.4 Å². The van der Waals surface area contributed by atoms with Crippen LogP contribution < -0.4 is 4.72 Å². The Kier molecular flexibility index (Phi) is 4.73. The lowest BCUT2D eigenvalue weighted by atomic mass is 10.1. The van der Waals surface area contributed by atoms with E-state index in [9.17, 15) is 18.5 Å². The fraction of sp³-hybridized carbons (Fsp3) is 0.0526. The molecule has 3 aromatic rings. The molecule has 0 saturated heterocycles. The van der Waals surface area contributed by atoms with Crippen molar-refractivity contribution in [3.05, 3.63) is 88.5 Å². The molecule has 0 amide bonds. The molecule has 0 fully saturated rings. The third kappa shape index (κ3) is 3.43. The molecule has 6 nitrogen and oxygen atoms in total. The molecule has 0 unspecified atom stereocenters. The minimum Gasteiger partial charge on any atom is -0.279 e. The van der Waals surface area contributed by atoms with E-state index in [1.165, 1.54) is 31.2 Å². The van der Waals surface area contributed by atoms with Gasteiger partial charge >= 0.3 is 0 Å². The molecular formula is C19H16N2O4S. The van der Waals surface area contributed by atoms with E-state index in [2.05, 4.69) is 4.72 Å². The number of nitro benzene ring substituents is 1. The van der Waals surface area contributed by atoms with Gasteiger partial charge in [-0.05, 0) is 24.6 Å². The predicted octanol–water partition coefficient (Wildman–Crippen LogP) is 4.37. The summed E-state index contributed by atoms with van der Waals surface area (Å²) in [5.41, 5.74) is 1.63. The van der Waals surface area contributed by atoms with Gasteiger partial charge in [0.1, 0.15) is 0 Å². The van der Waals surface area contributed by atoms with Crippen molar-refractivity contribution in [2.45, 2.75) is 11.8 Å². The number of nitro groups is 1. The molecule has 7 heteroatoms. The predicted molar refractivity (Wildman–Crippen MR) is 101 cm³/mol. The third-order valence-electron chi connectivity index (χ3n) is 4.01. The van der Waals surface area contributed by atoms with Crippen LogP contribution in [0.15, 0.2) is 77.7 Å². The van der Waals surface area contributed by atoms with Crippen molar-refractivity contribution in [1.82, 2.24) is 0 Å². The Morgan fingerprint density at radius 2 is 1.54 bits per heavy atom. The molecule has 3 rings (SSSR count). The highest BCUT2D eigenvalue weighted by Gasteiger charge is 2.22. The lowest BCUT2D eigenvalue weighted by molar-refractivity contribution is -0.385. The Morgan fingerprint density at radius 1 is 0.885 bits per heavy atom. The van der Waals surface area contributed by atoms with Gasteiger partial charge < -0.3 is 0 Å². The summed E-state index contributed by atoms with van der Waals surface area (Å²) in [7, 11) is -3.93. The fourth-order valence-electron chi connectivity index (χ4n) is 2.69. The van der Waals surface area contributed by atoms with Crippen molar-refractivity contribution in [1.29, 1.82) is 0 Å². The lowest BCUT2D eigenvalue weighted by Crippen LogP contribution is -2.15. The van der Waals surface area contributed by atoms with Crippen molar-refractivity contribution in [2.24, 2.45) is 0 Å². The van der Waals surface area contributed by atoms with E-state index in [0.29, 0.717) is 5.56 Å². The minimum absolute atomic E-state index is 0.108. The first kappa shape index (κ1) is 17.6. The van der Waals surface area contributed by atoms with Crippen LogP contribution in [0.3, 0.4) is 0 Å². The quantitative estimate of drug-likeness (QED) is 0.535. The molecule has 0 saturated carbocycles. The largest absolute Gasteiger partial charge is 0.279 e. The number of hydrogen-bond donors (Lipinski definition) is 1. The molecule has 0 heterocycles. The molecule has 26 heavy (non-hydrogen) atoms. The Labute approximate surface area is 151 Å². The summed E-state index contributed by atoms with van der Waals surface area (Å²) in [4.78, 5) is 10.6. The van der Waals surface area contributed by atoms with E-state index in [0.717, 1.165) is 5.56 Å². The standard InChI is InChI=1S/C19H16N2O4S/c1-14-17(11-7-12-18(14)21(22)23)20-26(24,25)19-13-6-5-10-16(19)15-8-3-2-4-9-15/h2-13,20H,1H3. The van der Waals surface area contributed by atoms with Crippen LogP contribution in [0.2, 0.25) is 0 Å². The van der Waals surface area contributed by atoms with Crippen LogP contribution in [0.1, 0.15) is 5.56 Å². The molecule has 0 atom stereocenters. The second-order valence-corrected chi connectivity index (χ2v) is 7.33. The molecular weight excluding hydrogens is 352 g/mol. The zero-order chi connectivity index (χ0) is 18.7. The van der Waals surface area contributed by atoms with Crippen molar-refractivity contribution in [3.63, 3.8) is 0 Å². The number of nitrogens with zero attached hydrogens (tertiary/aromatic N) is 1. The van der Waals surface area contributed by atoms with Crippen molar-refractivity contribution in [2.75, 3.05) is 4.72 Å². The first-order valence-electron chi connectivity index (χ1n) is 7.81. The van der Waals surface area contributed by atoms with E-state index < -0.39 is 14.9 Å². The third-order valence-corrected chi connectivity index (χ3v) is 5.43. The maximum atomic E-state index is 12.9. The normalized spacial score (nSPS) is 11.1. The van der Waals surface area contributed by atoms with E-state index in [-0.39, 0.29) is 21.8 Å². The fourth-order valence-corrected chi connectivity index (χ4v) is 4.04. The van der Waals surface area contributed by atoms with Gasteiger partial charge in [-0.3, -0.25) is 14.8 Å². The summed E-state index contributed by atoms with van der Waals surface area (Å²) in [6, 6.07) is 20.1. The molecule has 0 aromatic heterocycles. The Hall–Kier alpha value is -3.19. The van der Waals surface area contributed by atoms with Crippen molar-refractivity contribution in [3.8, 4) is 11.1 Å². The highest BCUT2D eigenvalue weighted by Crippen LogP contribution is 2.31. The van der Waals surface area contributed by atoms with E-state index in [1.54, 1.807) is 18.2 Å². The van der Waals surface area contributed by atoms with Gasteiger partial charge in [0.25, 0.3) is 15.7 Å². The zero-order valence-corrected chi connectivity index (χ0v) is 14.7. The molecule has 0 aliphatic carbocycles. The molecule has 132 valence electrons. The van der Waals surface area contributed by atoms with Gasteiger partial charge in [-0.25, -0.2) is 8.42 Å². The van der Waals surface area contributed by atoms with Gasteiger partial charge in [0, 0.05) is 11.6 Å². The van der Waals surface area contributed by atoms with Gasteiger partial charge in [-0.15, -0.1) is 0 Å². The average molecular weight is 368 g/mol.